The molecule has 3 aromatic heterocycles. The molecule has 3 rings (SSSR count). The Labute approximate surface area is 158 Å². The molecule has 0 aliphatic carbocycles. The van der Waals surface area contributed by atoms with Crippen LogP contribution in [0.5, 0.6) is 0 Å². The van der Waals surface area contributed by atoms with E-state index in [4.69, 9.17) is 11.6 Å². The third kappa shape index (κ3) is 3.68. The maximum Gasteiger partial charge on any atom is 0.129 e. The predicted molar refractivity (Wildman–Crippen MR) is 109 cm³/mol. The van der Waals surface area contributed by atoms with E-state index in [-0.39, 0.29) is 0 Å². The van der Waals surface area contributed by atoms with Crippen LogP contribution in [0.3, 0.4) is 0 Å². The molecule has 1 N–H and O–H groups in total. The molecule has 6 heteroatoms. The maximum atomic E-state index is 6.01. The van der Waals surface area contributed by atoms with E-state index < -0.39 is 0 Å². The van der Waals surface area contributed by atoms with Crippen LogP contribution in [0.1, 0.15) is 11.1 Å². The van der Waals surface area contributed by atoms with E-state index in [1.165, 1.54) is 0 Å². The molecular weight excluding hydrogens is 346 g/mol. The van der Waals surface area contributed by atoms with Crippen LogP contribution < -0.4 is 10.2 Å². The van der Waals surface area contributed by atoms with Crippen molar-refractivity contribution in [2.75, 3.05) is 26.0 Å². The number of fused-ring (bicyclic) bond motifs is 1. The molecule has 0 saturated heterocycles. The zero-order valence-corrected chi connectivity index (χ0v) is 15.7. The summed E-state index contributed by atoms with van der Waals surface area (Å²) in [4.78, 5) is 15.3. The number of anilines is 1. The Balaban J connectivity index is 2.01. The Morgan fingerprint density at radius 1 is 1.08 bits per heavy atom. The van der Waals surface area contributed by atoms with E-state index >= 15 is 0 Å². The SMILES string of the molecule is C=C(/C(=C\NC)c1cnc2ccc(Cl)nc2c1)c1ccc(N(C)C)nc1. The van der Waals surface area contributed by atoms with Gasteiger partial charge in [0.15, 0.2) is 0 Å². The van der Waals surface area contributed by atoms with Crippen molar-refractivity contribution >= 4 is 39.6 Å². The fourth-order valence-corrected chi connectivity index (χ4v) is 2.76. The summed E-state index contributed by atoms with van der Waals surface area (Å²) in [5.74, 6) is 0.895. The highest BCUT2D eigenvalue weighted by molar-refractivity contribution is 6.29. The van der Waals surface area contributed by atoms with E-state index in [0.29, 0.717) is 5.15 Å². The molecule has 3 heterocycles. The lowest BCUT2D eigenvalue weighted by molar-refractivity contribution is 1.07. The summed E-state index contributed by atoms with van der Waals surface area (Å²) < 4.78 is 0. The lowest BCUT2D eigenvalue weighted by Crippen LogP contribution is -2.10. The second kappa shape index (κ2) is 7.54. The molecule has 5 nitrogen and oxygen atoms in total. The van der Waals surface area contributed by atoms with Crippen molar-refractivity contribution in [3.05, 3.63) is 71.8 Å². The normalized spacial score (nSPS) is 11.5. The second-order valence-electron chi connectivity index (χ2n) is 6.02. The number of nitrogens with zero attached hydrogens (tertiary/aromatic N) is 4. The molecule has 0 aromatic carbocycles. The number of halogens is 1. The van der Waals surface area contributed by atoms with Crippen molar-refractivity contribution in [3.63, 3.8) is 0 Å². The highest BCUT2D eigenvalue weighted by Gasteiger charge is 2.11. The summed E-state index contributed by atoms with van der Waals surface area (Å²) in [6, 6.07) is 9.53. The quantitative estimate of drug-likeness (QED) is 0.546. The van der Waals surface area contributed by atoms with E-state index in [9.17, 15) is 0 Å². The number of hydrogen-bond acceptors (Lipinski definition) is 5. The van der Waals surface area contributed by atoms with Crippen LogP contribution >= 0.6 is 11.6 Å². The van der Waals surface area contributed by atoms with Gasteiger partial charge in [0.1, 0.15) is 11.0 Å². The van der Waals surface area contributed by atoms with Crippen molar-refractivity contribution in [1.82, 2.24) is 20.3 Å². The molecule has 132 valence electrons. The Hall–Kier alpha value is -2.92. The lowest BCUT2D eigenvalue weighted by Gasteiger charge is -2.14. The molecule has 0 amide bonds. The van der Waals surface area contributed by atoms with E-state index in [1.54, 1.807) is 6.07 Å². The van der Waals surface area contributed by atoms with Gasteiger partial charge in [-0.05, 0) is 35.9 Å². The molecule has 0 atom stereocenters. The van der Waals surface area contributed by atoms with E-state index in [0.717, 1.165) is 39.1 Å². The van der Waals surface area contributed by atoms with Crippen LogP contribution in [0.15, 0.2) is 55.5 Å². The fourth-order valence-electron chi connectivity index (χ4n) is 2.60. The molecule has 26 heavy (non-hydrogen) atoms. The monoisotopic (exact) mass is 365 g/mol. The number of nitrogens with one attached hydrogen (secondary N) is 1. The van der Waals surface area contributed by atoms with Gasteiger partial charge >= 0.3 is 0 Å². The lowest BCUT2D eigenvalue weighted by atomic mass is 9.96. The van der Waals surface area contributed by atoms with Gasteiger partial charge in [-0.15, -0.1) is 0 Å². The zero-order chi connectivity index (χ0) is 18.7. The largest absolute Gasteiger partial charge is 0.393 e. The summed E-state index contributed by atoms with van der Waals surface area (Å²) in [5, 5.41) is 3.52. The minimum absolute atomic E-state index is 0.442. The minimum Gasteiger partial charge on any atom is -0.393 e. The molecule has 0 unspecified atom stereocenters. The second-order valence-corrected chi connectivity index (χ2v) is 6.41. The summed E-state index contributed by atoms with van der Waals surface area (Å²) in [7, 11) is 5.77. The first-order valence-electron chi connectivity index (χ1n) is 8.12. The molecule has 0 spiro atoms. The summed E-state index contributed by atoms with van der Waals surface area (Å²) in [6.07, 6.45) is 5.54. The molecular formula is C20H20ClN5. The number of rotatable bonds is 5. The molecule has 0 radical (unpaired) electrons. The Bertz CT molecular complexity index is 977. The van der Waals surface area contributed by atoms with Gasteiger partial charge in [-0.1, -0.05) is 18.2 Å². The van der Waals surface area contributed by atoms with Crippen molar-refractivity contribution < 1.29 is 0 Å². The van der Waals surface area contributed by atoms with Gasteiger partial charge in [-0.25, -0.2) is 9.97 Å². The first-order chi connectivity index (χ1) is 12.5. The van der Waals surface area contributed by atoms with Crippen LogP contribution in [-0.2, 0) is 0 Å². The van der Waals surface area contributed by atoms with Crippen LogP contribution in [0.2, 0.25) is 5.15 Å². The van der Waals surface area contributed by atoms with Gasteiger partial charge in [-0.2, -0.15) is 0 Å². The Morgan fingerprint density at radius 3 is 2.50 bits per heavy atom. The standard InChI is InChI=1S/C20H20ClN5/c1-13(14-5-8-20(24-10-14)26(3)4)16(12-22-2)15-9-18-17(23-11-15)6-7-19(21)25-18/h5-12,22H,1H2,2-4H3/b16-12+. The van der Waals surface area contributed by atoms with Crippen molar-refractivity contribution in [2.45, 2.75) is 0 Å². The van der Waals surface area contributed by atoms with Gasteiger partial charge in [0.05, 0.1) is 11.0 Å². The molecule has 0 aliphatic heterocycles. The topological polar surface area (TPSA) is 53.9 Å². The van der Waals surface area contributed by atoms with E-state index in [2.05, 4.69) is 26.8 Å². The number of pyridine rings is 3. The molecule has 0 bridgehead atoms. The summed E-state index contributed by atoms with van der Waals surface area (Å²) >= 11 is 6.01. The van der Waals surface area contributed by atoms with Gasteiger partial charge in [0.25, 0.3) is 0 Å². The van der Waals surface area contributed by atoms with E-state index in [1.807, 2.05) is 68.9 Å². The first kappa shape index (κ1) is 17.9. The summed E-state index contributed by atoms with van der Waals surface area (Å²) in [6.45, 7) is 4.26. The smallest absolute Gasteiger partial charge is 0.129 e. The average Bonchev–Trinajstić information content (AvgIpc) is 2.65. The van der Waals surface area contributed by atoms with Crippen LogP contribution in [0, 0.1) is 0 Å². The minimum atomic E-state index is 0.442. The highest BCUT2D eigenvalue weighted by Crippen LogP contribution is 2.30. The van der Waals surface area contributed by atoms with Crippen molar-refractivity contribution in [3.8, 4) is 0 Å². The Kier molecular flexibility index (Phi) is 5.19. The van der Waals surface area contributed by atoms with Gasteiger partial charge < -0.3 is 10.2 Å². The predicted octanol–water partition coefficient (Wildman–Crippen LogP) is 4.02. The van der Waals surface area contributed by atoms with Crippen molar-refractivity contribution in [2.24, 2.45) is 0 Å². The van der Waals surface area contributed by atoms with Crippen LogP contribution in [0.25, 0.3) is 22.2 Å². The summed E-state index contributed by atoms with van der Waals surface area (Å²) in [5.41, 5.74) is 5.15. The van der Waals surface area contributed by atoms with Gasteiger partial charge in [0.2, 0.25) is 0 Å². The highest BCUT2D eigenvalue weighted by atomic mass is 35.5. The van der Waals surface area contributed by atoms with Gasteiger partial charge in [-0.3, -0.25) is 4.98 Å². The maximum absolute atomic E-state index is 6.01. The third-order valence-electron chi connectivity index (χ3n) is 3.98. The Morgan fingerprint density at radius 2 is 1.85 bits per heavy atom. The molecule has 0 aliphatic rings. The fraction of sp³-hybridized carbons (Fsp3) is 0.150. The van der Waals surface area contributed by atoms with Crippen LogP contribution in [0.4, 0.5) is 5.82 Å². The molecule has 0 fully saturated rings. The molecule has 0 saturated carbocycles. The average molecular weight is 366 g/mol. The zero-order valence-electron chi connectivity index (χ0n) is 15.0. The number of allylic oxidation sites excluding steroid dienone is 2. The van der Waals surface area contributed by atoms with Crippen LogP contribution in [-0.4, -0.2) is 36.1 Å². The third-order valence-corrected chi connectivity index (χ3v) is 4.19. The number of aromatic nitrogens is 3. The molecule has 3 aromatic rings. The van der Waals surface area contributed by atoms with Gasteiger partial charge in [0, 0.05) is 56.4 Å². The first-order valence-corrected chi connectivity index (χ1v) is 8.50. The van der Waals surface area contributed by atoms with Crippen molar-refractivity contribution in [1.29, 1.82) is 0 Å². The number of hydrogen-bond donors (Lipinski definition) is 1.